The molecule has 0 aromatic heterocycles. The molecule has 0 saturated carbocycles. The summed E-state index contributed by atoms with van der Waals surface area (Å²) in [6.45, 7) is 1.95. The van der Waals surface area contributed by atoms with Gasteiger partial charge in [0.2, 0.25) is 0 Å². The molecular formula is C14H14N2O. The number of rotatable bonds is 2. The van der Waals surface area contributed by atoms with E-state index >= 15 is 0 Å². The van der Waals surface area contributed by atoms with Crippen LogP contribution in [0.5, 0.6) is 0 Å². The minimum absolute atomic E-state index is 0.271. The normalized spacial score (nSPS) is 10.0. The van der Waals surface area contributed by atoms with Gasteiger partial charge in [0.05, 0.1) is 0 Å². The second-order valence-corrected chi connectivity index (χ2v) is 3.89. The number of amides is 1. The van der Waals surface area contributed by atoms with Crippen LogP contribution in [0.25, 0.3) is 11.1 Å². The predicted molar refractivity (Wildman–Crippen MR) is 68.3 cm³/mol. The molecule has 0 atom stereocenters. The summed E-state index contributed by atoms with van der Waals surface area (Å²) in [5.41, 5.74) is 5.70. The monoisotopic (exact) mass is 226 g/mol. The Morgan fingerprint density at radius 2 is 1.82 bits per heavy atom. The SMILES string of the molecule is Cc1ccc(-c2ccccc2)c(C(=O)NN)c1. The third-order valence-electron chi connectivity index (χ3n) is 2.64. The van der Waals surface area contributed by atoms with Crippen molar-refractivity contribution in [3.63, 3.8) is 0 Å². The van der Waals surface area contributed by atoms with Gasteiger partial charge in [0.25, 0.3) is 5.91 Å². The Labute approximate surface area is 100 Å². The Hall–Kier alpha value is -2.13. The van der Waals surface area contributed by atoms with Crippen LogP contribution in [0.3, 0.4) is 0 Å². The van der Waals surface area contributed by atoms with E-state index < -0.39 is 0 Å². The Bertz CT molecular complexity index is 535. The van der Waals surface area contributed by atoms with Gasteiger partial charge in [0, 0.05) is 5.56 Å². The quantitative estimate of drug-likeness (QED) is 0.469. The smallest absolute Gasteiger partial charge is 0.265 e. The number of carbonyl (C=O) groups excluding carboxylic acids is 1. The highest BCUT2D eigenvalue weighted by Gasteiger charge is 2.11. The first-order chi connectivity index (χ1) is 8.22. The van der Waals surface area contributed by atoms with E-state index in [0.29, 0.717) is 5.56 Å². The van der Waals surface area contributed by atoms with Gasteiger partial charge in [0.15, 0.2) is 0 Å². The van der Waals surface area contributed by atoms with Crippen LogP contribution in [0.15, 0.2) is 48.5 Å². The molecule has 0 aliphatic carbocycles. The molecule has 3 heteroatoms. The lowest BCUT2D eigenvalue weighted by Gasteiger charge is -2.09. The predicted octanol–water partition coefficient (Wildman–Crippen LogP) is 2.27. The Morgan fingerprint density at radius 1 is 1.12 bits per heavy atom. The molecule has 2 rings (SSSR count). The van der Waals surface area contributed by atoms with Crippen molar-refractivity contribution < 1.29 is 4.79 Å². The van der Waals surface area contributed by atoms with Crippen molar-refractivity contribution in [1.29, 1.82) is 0 Å². The van der Waals surface area contributed by atoms with Gasteiger partial charge in [-0.1, -0.05) is 48.0 Å². The molecule has 2 aromatic rings. The van der Waals surface area contributed by atoms with Crippen LogP contribution < -0.4 is 11.3 Å². The van der Waals surface area contributed by atoms with E-state index in [0.717, 1.165) is 16.7 Å². The first-order valence-electron chi connectivity index (χ1n) is 5.39. The van der Waals surface area contributed by atoms with Gasteiger partial charge in [-0.2, -0.15) is 0 Å². The number of benzene rings is 2. The summed E-state index contributed by atoms with van der Waals surface area (Å²) in [5, 5.41) is 0. The van der Waals surface area contributed by atoms with Gasteiger partial charge in [0.1, 0.15) is 0 Å². The van der Waals surface area contributed by atoms with Crippen LogP contribution in [0.2, 0.25) is 0 Å². The van der Waals surface area contributed by atoms with Crippen LogP contribution >= 0.6 is 0 Å². The maximum Gasteiger partial charge on any atom is 0.265 e. The molecule has 0 aliphatic heterocycles. The highest BCUT2D eigenvalue weighted by atomic mass is 16.2. The first-order valence-corrected chi connectivity index (χ1v) is 5.39. The number of aryl methyl sites for hydroxylation is 1. The minimum atomic E-state index is -0.271. The molecule has 2 aromatic carbocycles. The lowest BCUT2D eigenvalue weighted by Crippen LogP contribution is -2.30. The van der Waals surface area contributed by atoms with Crippen LogP contribution in [0.4, 0.5) is 0 Å². The van der Waals surface area contributed by atoms with Gasteiger partial charge in [-0.15, -0.1) is 0 Å². The number of nitrogens with two attached hydrogens (primary N) is 1. The molecule has 0 bridgehead atoms. The van der Waals surface area contributed by atoms with Gasteiger partial charge < -0.3 is 0 Å². The number of hydrogen-bond donors (Lipinski definition) is 2. The van der Waals surface area contributed by atoms with E-state index in [1.165, 1.54) is 0 Å². The summed E-state index contributed by atoms with van der Waals surface area (Å²) in [5.74, 6) is 4.93. The maximum atomic E-state index is 11.7. The fourth-order valence-corrected chi connectivity index (χ4v) is 1.79. The van der Waals surface area contributed by atoms with Crippen LogP contribution in [0, 0.1) is 6.92 Å². The van der Waals surface area contributed by atoms with Crippen molar-refractivity contribution in [1.82, 2.24) is 5.43 Å². The number of nitrogen functional groups attached to an aromatic ring is 1. The molecule has 1 amide bonds. The average molecular weight is 226 g/mol. The summed E-state index contributed by atoms with van der Waals surface area (Å²) in [4.78, 5) is 11.7. The van der Waals surface area contributed by atoms with Crippen molar-refractivity contribution in [2.45, 2.75) is 6.92 Å². The summed E-state index contributed by atoms with van der Waals surface area (Å²) in [6, 6.07) is 15.5. The van der Waals surface area contributed by atoms with Crippen molar-refractivity contribution in [2.75, 3.05) is 0 Å². The zero-order valence-corrected chi connectivity index (χ0v) is 9.60. The number of hydrazine groups is 1. The molecular weight excluding hydrogens is 212 g/mol. The highest BCUT2D eigenvalue weighted by molar-refractivity contribution is 6.00. The van der Waals surface area contributed by atoms with Gasteiger partial charge in [-0.3, -0.25) is 10.2 Å². The lowest BCUT2D eigenvalue weighted by atomic mass is 9.97. The summed E-state index contributed by atoms with van der Waals surface area (Å²) in [6.07, 6.45) is 0. The molecule has 0 radical (unpaired) electrons. The third kappa shape index (κ3) is 2.34. The number of carbonyl (C=O) groups is 1. The molecule has 3 N–H and O–H groups in total. The van der Waals surface area contributed by atoms with Crippen molar-refractivity contribution >= 4 is 5.91 Å². The Kier molecular flexibility index (Phi) is 3.21. The minimum Gasteiger partial charge on any atom is -0.290 e. The second-order valence-electron chi connectivity index (χ2n) is 3.89. The highest BCUT2D eigenvalue weighted by Crippen LogP contribution is 2.24. The molecule has 0 spiro atoms. The topological polar surface area (TPSA) is 55.1 Å². The van der Waals surface area contributed by atoms with E-state index in [9.17, 15) is 4.79 Å². The molecule has 17 heavy (non-hydrogen) atoms. The van der Waals surface area contributed by atoms with E-state index in [2.05, 4.69) is 5.43 Å². The standard InChI is InChI=1S/C14H14N2O/c1-10-7-8-12(11-5-3-2-4-6-11)13(9-10)14(17)16-15/h2-9H,15H2,1H3,(H,16,17). The van der Waals surface area contributed by atoms with E-state index in [1.54, 1.807) is 0 Å². The molecule has 86 valence electrons. The maximum absolute atomic E-state index is 11.7. The molecule has 0 saturated heterocycles. The zero-order chi connectivity index (χ0) is 12.3. The van der Waals surface area contributed by atoms with Crippen LogP contribution in [-0.2, 0) is 0 Å². The molecule has 0 heterocycles. The van der Waals surface area contributed by atoms with Crippen molar-refractivity contribution in [3.8, 4) is 11.1 Å². The van der Waals surface area contributed by atoms with Gasteiger partial charge >= 0.3 is 0 Å². The fraction of sp³-hybridized carbons (Fsp3) is 0.0714. The largest absolute Gasteiger partial charge is 0.290 e. The average Bonchev–Trinajstić information content (AvgIpc) is 2.38. The first kappa shape index (κ1) is 11.4. The second kappa shape index (κ2) is 4.80. The van der Waals surface area contributed by atoms with Crippen LogP contribution in [0.1, 0.15) is 15.9 Å². The van der Waals surface area contributed by atoms with E-state index in [-0.39, 0.29) is 5.91 Å². The zero-order valence-electron chi connectivity index (χ0n) is 9.60. The molecule has 0 fully saturated rings. The van der Waals surface area contributed by atoms with Gasteiger partial charge in [-0.25, -0.2) is 5.84 Å². The number of hydrogen-bond acceptors (Lipinski definition) is 2. The summed E-state index contributed by atoms with van der Waals surface area (Å²) in [7, 11) is 0. The fourth-order valence-electron chi connectivity index (χ4n) is 1.79. The van der Waals surface area contributed by atoms with Crippen molar-refractivity contribution in [3.05, 3.63) is 59.7 Å². The summed E-state index contributed by atoms with van der Waals surface area (Å²) < 4.78 is 0. The molecule has 3 nitrogen and oxygen atoms in total. The Morgan fingerprint density at radius 3 is 2.47 bits per heavy atom. The van der Waals surface area contributed by atoms with E-state index in [4.69, 9.17) is 5.84 Å². The molecule has 0 unspecified atom stereocenters. The van der Waals surface area contributed by atoms with Crippen LogP contribution in [-0.4, -0.2) is 5.91 Å². The van der Waals surface area contributed by atoms with Gasteiger partial charge in [-0.05, 0) is 24.1 Å². The Balaban J connectivity index is 2.58. The summed E-state index contributed by atoms with van der Waals surface area (Å²) >= 11 is 0. The number of nitrogens with one attached hydrogen (secondary N) is 1. The van der Waals surface area contributed by atoms with Crippen molar-refractivity contribution in [2.24, 2.45) is 5.84 Å². The third-order valence-corrected chi connectivity index (χ3v) is 2.64. The lowest BCUT2D eigenvalue weighted by molar-refractivity contribution is 0.0954. The van der Waals surface area contributed by atoms with E-state index in [1.807, 2.05) is 55.5 Å². The molecule has 0 aliphatic rings.